The van der Waals surface area contributed by atoms with Gasteiger partial charge in [0.15, 0.2) is 0 Å². The molecule has 0 aromatic heterocycles. The zero-order valence-electron chi connectivity index (χ0n) is 5.47. The first-order valence-electron chi connectivity index (χ1n) is 2.44. The number of aliphatic imine (C=N–C) groups is 1. The van der Waals surface area contributed by atoms with Crippen molar-refractivity contribution < 1.29 is 0 Å². The van der Waals surface area contributed by atoms with E-state index in [1.807, 2.05) is 6.92 Å². The molecule has 0 rings (SSSR count). The minimum absolute atomic E-state index is 0.916. The van der Waals surface area contributed by atoms with Gasteiger partial charge in [-0.05, 0) is 6.92 Å². The molecule has 0 amide bonds. The zero-order valence-corrected chi connectivity index (χ0v) is 5.47. The molecule has 0 spiro atoms. The predicted molar refractivity (Wildman–Crippen MR) is 36.6 cm³/mol. The van der Waals surface area contributed by atoms with Crippen LogP contribution >= 0.6 is 0 Å². The number of nitrogens with one attached hydrogen (secondary N) is 1. The third-order valence-electron chi connectivity index (χ3n) is 0.733. The maximum Gasteiger partial charge on any atom is 0.0675 e. The molecular formula is C5H11N3. The first-order valence-corrected chi connectivity index (χ1v) is 2.44. The van der Waals surface area contributed by atoms with Crippen molar-refractivity contribution in [3.63, 3.8) is 0 Å². The lowest BCUT2D eigenvalue weighted by Gasteiger charge is -1.85. The summed E-state index contributed by atoms with van der Waals surface area (Å²) in [6, 6.07) is 0. The van der Waals surface area contributed by atoms with Gasteiger partial charge in [0.25, 0.3) is 0 Å². The average Bonchev–Trinajstić information content (AvgIpc) is 1.83. The Labute approximate surface area is 49.5 Å². The largest absolute Gasteiger partial charge is 0.313 e. The summed E-state index contributed by atoms with van der Waals surface area (Å²) >= 11 is 0. The Morgan fingerprint density at radius 2 is 2.25 bits per heavy atom. The van der Waals surface area contributed by atoms with E-state index in [0.717, 1.165) is 5.71 Å². The maximum absolute atomic E-state index is 3.85. The number of hydrogen-bond donors (Lipinski definition) is 1. The van der Waals surface area contributed by atoms with Crippen LogP contribution in [0.25, 0.3) is 0 Å². The highest BCUT2D eigenvalue weighted by molar-refractivity contribution is 6.29. The quantitative estimate of drug-likeness (QED) is 0.405. The molecule has 0 aromatic carbocycles. The lowest BCUT2D eigenvalue weighted by Crippen LogP contribution is -1.99. The van der Waals surface area contributed by atoms with Gasteiger partial charge >= 0.3 is 0 Å². The van der Waals surface area contributed by atoms with Crippen LogP contribution in [0.3, 0.4) is 0 Å². The van der Waals surface area contributed by atoms with E-state index in [2.05, 4.69) is 15.5 Å². The minimum atomic E-state index is 0.916. The second-order valence-electron chi connectivity index (χ2n) is 1.35. The summed E-state index contributed by atoms with van der Waals surface area (Å²) in [4.78, 5) is 3.85. The third-order valence-corrected chi connectivity index (χ3v) is 0.733. The molecule has 8 heavy (non-hydrogen) atoms. The fraction of sp³-hybridized carbons (Fsp3) is 0.600. The first kappa shape index (κ1) is 7.14. The maximum atomic E-state index is 3.85. The molecule has 0 saturated carbocycles. The van der Waals surface area contributed by atoms with E-state index in [1.54, 1.807) is 20.3 Å². The van der Waals surface area contributed by atoms with Gasteiger partial charge in [-0.1, -0.05) is 0 Å². The molecule has 0 aliphatic carbocycles. The van der Waals surface area contributed by atoms with Gasteiger partial charge in [-0.15, -0.1) is 0 Å². The summed E-state index contributed by atoms with van der Waals surface area (Å²) in [6.07, 6.45) is 1.67. The second kappa shape index (κ2) is 4.30. The summed E-state index contributed by atoms with van der Waals surface area (Å²) in [7, 11) is 3.48. The van der Waals surface area contributed by atoms with Crippen LogP contribution in [-0.4, -0.2) is 26.0 Å². The number of rotatable bonds is 2. The van der Waals surface area contributed by atoms with E-state index in [0.29, 0.717) is 0 Å². The first-order chi connectivity index (χ1) is 3.81. The van der Waals surface area contributed by atoms with Crippen molar-refractivity contribution >= 4 is 11.9 Å². The van der Waals surface area contributed by atoms with Crippen LogP contribution in [0, 0.1) is 0 Å². The van der Waals surface area contributed by atoms with Crippen LogP contribution in [-0.2, 0) is 0 Å². The van der Waals surface area contributed by atoms with Crippen molar-refractivity contribution in [1.82, 2.24) is 5.43 Å². The molecule has 0 heterocycles. The highest BCUT2D eigenvalue weighted by Crippen LogP contribution is 1.65. The molecule has 1 N–H and O–H groups in total. The summed E-state index contributed by atoms with van der Waals surface area (Å²) < 4.78 is 0. The molecule has 0 unspecified atom stereocenters. The van der Waals surface area contributed by atoms with E-state index in [9.17, 15) is 0 Å². The van der Waals surface area contributed by atoms with Crippen LogP contribution in [0.4, 0.5) is 0 Å². The van der Waals surface area contributed by atoms with Crippen LogP contribution in [0.1, 0.15) is 6.92 Å². The summed E-state index contributed by atoms with van der Waals surface area (Å²) in [5.74, 6) is 0. The topological polar surface area (TPSA) is 36.8 Å². The summed E-state index contributed by atoms with van der Waals surface area (Å²) in [6.45, 7) is 1.89. The fourth-order valence-electron chi connectivity index (χ4n) is 0.216. The van der Waals surface area contributed by atoms with E-state index in [1.165, 1.54) is 0 Å². The van der Waals surface area contributed by atoms with Crippen LogP contribution in [0.15, 0.2) is 10.1 Å². The molecule has 0 aliphatic heterocycles. The van der Waals surface area contributed by atoms with Gasteiger partial charge in [-0.3, -0.25) is 4.99 Å². The Kier molecular flexibility index (Phi) is 3.84. The Hall–Kier alpha value is -0.860. The van der Waals surface area contributed by atoms with Crippen molar-refractivity contribution in [3.05, 3.63) is 0 Å². The molecule has 0 radical (unpaired) electrons. The van der Waals surface area contributed by atoms with Crippen LogP contribution in [0.2, 0.25) is 0 Å². The molecule has 0 bridgehead atoms. The highest BCUT2D eigenvalue weighted by atomic mass is 15.3. The molecule has 3 heteroatoms. The van der Waals surface area contributed by atoms with Crippen molar-refractivity contribution in [2.24, 2.45) is 10.1 Å². The Morgan fingerprint density at radius 3 is 2.62 bits per heavy atom. The Bertz CT molecular complexity index is 104. The van der Waals surface area contributed by atoms with E-state index < -0.39 is 0 Å². The van der Waals surface area contributed by atoms with Gasteiger partial charge in [-0.25, -0.2) is 0 Å². The summed E-state index contributed by atoms with van der Waals surface area (Å²) in [5.41, 5.74) is 3.54. The summed E-state index contributed by atoms with van der Waals surface area (Å²) in [5, 5.41) is 3.74. The van der Waals surface area contributed by atoms with Crippen molar-refractivity contribution in [2.75, 3.05) is 14.1 Å². The number of nitrogens with zero attached hydrogens (tertiary/aromatic N) is 2. The molecule has 0 aliphatic rings. The molecule has 0 atom stereocenters. The smallest absolute Gasteiger partial charge is 0.0675 e. The van der Waals surface area contributed by atoms with E-state index in [4.69, 9.17) is 0 Å². The van der Waals surface area contributed by atoms with Crippen LogP contribution in [0.5, 0.6) is 0 Å². The van der Waals surface area contributed by atoms with Gasteiger partial charge in [0.1, 0.15) is 0 Å². The predicted octanol–water partition coefficient (Wildman–Crippen LogP) is 0.282. The SMILES string of the molecule is CN=C(C)C=NNC. The number of hydrazone groups is 1. The van der Waals surface area contributed by atoms with Gasteiger partial charge in [0.05, 0.1) is 11.9 Å². The molecule has 0 saturated heterocycles. The molecule has 0 fully saturated rings. The minimum Gasteiger partial charge on any atom is -0.313 e. The van der Waals surface area contributed by atoms with Gasteiger partial charge < -0.3 is 5.43 Å². The number of hydrogen-bond acceptors (Lipinski definition) is 3. The fourth-order valence-corrected chi connectivity index (χ4v) is 0.216. The molecule has 0 aromatic rings. The molecule has 3 nitrogen and oxygen atoms in total. The highest BCUT2D eigenvalue weighted by Gasteiger charge is 1.75. The van der Waals surface area contributed by atoms with Gasteiger partial charge in [-0.2, -0.15) is 5.10 Å². The van der Waals surface area contributed by atoms with Crippen molar-refractivity contribution in [1.29, 1.82) is 0 Å². The zero-order chi connectivity index (χ0) is 6.41. The van der Waals surface area contributed by atoms with Gasteiger partial charge in [0.2, 0.25) is 0 Å². The standard InChI is InChI=1S/C5H11N3/c1-5(6-2)4-8-7-3/h4,7H,1-3H3. The second-order valence-corrected chi connectivity index (χ2v) is 1.35. The average molecular weight is 113 g/mol. The molecule has 46 valence electrons. The van der Waals surface area contributed by atoms with Crippen LogP contribution < -0.4 is 5.43 Å². The lowest BCUT2D eigenvalue weighted by atomic mass is 10.5. The van der Waals surface area contributed by atoms with E-state index >= 15 is 0 Å². The third kappa shape index (κ3) is 3.33. The van der Waals surface area contributed by atoms with Gasteiger partial charge in [0, 0.05) is 14.1 Å². The normalized spacial score (nSPS) is 12.6. The Morgan fingerprint density at radius 1 is 1.62 bits per heavy atom. The monoisotopic (exact) mass is 113 g/mol. The van der Waals surface area contributed by atoms with Crippen molar-refractivity contribution in [3.8, 4) is 0 Å². The Balaban J connectivity index is 3.53. The molecular weight excluding hydrogens is 102 g/mol. The van der Waals surface area contributed by atoms with Crippen molar-refractivity contribution in [2.45, 2.75) is 6.92 Å². The lowest BCUT2D eigenvalue weighted by molar-refractivity contribution is 0.910. The van der Waals surface area contributed by atoms with E-state index in [-0.39, 0.29) is 0 Å².